The zero-order valence-electron chi connectivity index (χ0n) is 5.45. The van der Waals surface area contributed by atoms with E-state index in [-0.39, 0.29) is 17.9 Å². The topological polar surface area (TPSA) is 61.6 Å². The van der Waals surface area contributed by atoms with Gasteiger partial charge in [-0.25, -0.2) is 9.78 Å². The molecule has 2 aliphatic rings. The van der Waals surface area contributed by atoms with E-state index in [0.717, 1.165) is 6.42 Å². The van der Waals surface area contributed by atoms with E-state index in [1.165, 1.54) is 0 Å². The van der Waals surface area contributed by atoms with Crippen molar-refractivity contribution in [3.63, 3.8) is 0 Å². The van der Waals surface area contributed by atoms with Crippen LogP contribution >= 0.6 is 0 Å². The van der Waals surface area contributed by atoms with Crippen molar-refractivity contribution >= 4 is 5.91 Å². The molecule has 4 heteroatoms. The SMILES string of the molecule is NC(=O)C1C2CCOOC21. The summed E-state index contributed by atoms with van der Waals surface area (Å²) in [5, 5.41) is 0. The first kappa shape index (κ1) is 6.12. The highest BCUT2D eigenvalue weighted by molar-refractivity contribution is 5.81. The first-order chi connectivity index (χ1) is 4.80. The van der Waals surface area contributed by atoms with E-state index in [4.69, 9.17) is 15.5 Å². The molecule has 1 aliphatic heterocycles. The molecule has 2 fully saturated rings. The Morgan fingerprint density at radius 2 is 2.40 bits per heavy atom. The maximum atomic E-state index is 10.6. The molecule has 0 aromatic heterocycles. The zero-order valence-corrected chi connectivity index (χ0v) is 5.45. The van der Waals surface area contributed by atoms with E-state index < -0.39 is 0 Å². The first-order valence-corrected chi connectivity index (χ1v) is 3.38. The van der Waals surface area contributed by atoms with Crippen molar-refractivity contribution in [2.45, 2.75) is 12.5 Å². The summed E-state index contributed by atoms with van der Waals surface area (Å²) in [5.74, 6) is -0.00532. The molecule has 3 atom stereocenters. The number of fused-ring (bicyclic) bond motifs is 1. The molecule has 56 valence electrons. The van der Waals surface area contributed by atoms with Crippen LogP contribution in [0.2, 0.25) is 0 Å². The molecule has 1 amide bonds. The third-order valence-electron chi connectivity index (χ3n) is 2.14. The lowest BCUT2D eigenvalue weighted by atomic mass is 10.2. The molecule has 10 heavy (non-hydrogen) atoms. The van der Waals surface area contributed by atoms with Gasteiger partial charge < -0.3 is 5.73 Å². The van der Waals surface area contributed by atoms with Crippen LogP contribution in [0.1, 0.15) is 6.42 Å². The molecule has 1 heterocycles. The van der Waals surface area contributed by atoms with Crippen LogP contribution in [0.4, 0.5) is 0 Å². The minimum absolute atomic E-state index is 0.0359. The molecular formula is C6H9NO3. The quantitative estimate of drug-likeness (QED) is 0.500. The van der Waals surface area contributed by atoms with Crippen LogP contribution in [0, 0.1) is 11.8 Å². The van der Waals surface area contributed by atoms with Crippen LogP contribution in [-0.2, 0) is 14.6 Å². The molecule has 0 radical (unpaired) electrons. The third kappa shape index (κ3) is 0.726. The van der Waals surface area contributed by atoms with E-state index in [2.05, 4.69) is 0 Å². The van der Waals surface area contributed by atoms with Gasteiger partial charge in [0.25, 0.3) is 0 Å². The predicted molar refractivity (Wildman–Crippen MR) is 31.6 cm³/mol. The lowest BCUT2D eigenvalue weighted by Gasteiger charge is -2.06. The van der Waals surface area contributed by atoms with Gasteiger partial charge in [-0.3, -0.25) is 4.79 Å². The summed E-state index contributed by atoms with van der Waals surface area (Å²) >= 11 is 0. The highest BCUT2D eigenvalue weighted by Crippen LogP contribution is 2.46. The number of nitrogens with two attached hydrogens (primary N) is 1. The van der Waals surface area contributed by atoms with Gasteiger partial charge in [0.05, 0.1) is 12.5 Å². The summed E-state index contributed by atoms with van der Waals surface area (Å²) < 4.78 is 0. The van der Waals surface area contributed by atoms with Crippen LogP contribution in [0.15, 0.2) is 0 Å². The largest absolute Gasteiger partial charge is 0.369 e. The number of hydrogen-bond donors (Lipinski definition) is 1. The van der Waals surface area contributed by atoms with Gasteiger partial charge in [0.2, 0.25) is 5.91 Å². The number of carbonyl (C=O) groups is 1. The highest BCUT2D eigenvalue weighted by atomic mass is 17.2. The van der Waals surface area contributed by atoms with Gasteiger partial charge in [0.15, 0.2) is 0 Å². The Bertz CT molecular complexity index is 158. The minimum Gasteiger partial charge on any atom is -0.369 e. The van der Waals surface area contributed by atoms with Gasteiger partial charge in [0, 0.05) is 5.92 Å². The molecule has 3 unspecified atom stereocenters. The Balaban J connectivity index is 1.99. The molecular weight excluding hydrogens is 134 g/mol. The Hall–Kier alpha value is -0.610. The van der Waals surface area contributed by atoms with Gasteiger partial charge in [-0.15, -0.1) is 0 Å². The van der Waals surface area contributed by atoms with Gasteiger partial charge in [-0.2, -0.15) is 0 Å². The van der Waals surface area contributed by atoms with E-state index in [1.54, 1.807) is 0 Å². The minimum atomic E-state index is -0.263. The van der Waals surface area contributed by atoms with Gasteiger partial charge in [-0.05, 0) is 6.42 Å². The standard InChI is InChI=1S/C6H9NO3/c7-6(8)4-3-1-2-9-10-5(3)4/h3-5H,1-2H2,(H2,7,8). The van der Waals surface area contributed by atoms with E-state index in [1.807, 2.05) is 0 Å². The average Bonchev–Trinajstić information content (AvgIpc) is 2.60. The summed E-state index contributed by atoms with van der Waals surface area (Å²) in [4.78, 5) is 20.1. The predicted octanol–water partition coefficient (Wildman–Crippen LogP) is -0.562. The molecule has 0 bridgehead atoms. The number of amides is 1. The Morgan fingerprint density at radius 1 is 1.60 bits per heavy atom. The van der Waals surface area contributed by atoms with Gasteiger partial charge in [-0.1, -0.05) is 0 Å². The second-order valence-electron chi connectivity index (χ2n) is 2.76. The van der Waals surface area contributed by atoms with Gasteiger partial charge >= 0.3 is 0 Å². The molecule has 2 rings (SSSR count). The van der Waals surface area contributed by atoms with E-state index >= 15 is 0 Å². The molecule has 1 saturated heterocycles. The van der Waals surface area contributed by atoms with Crippen LogP contribution in [0.5, 0.6) is 0 Å². The summed E-state index contributed by atoms with van der Waals surface area (Å²) in [6, 6.07) is 0. The van der Waals surface area contributed by atoms with Crippen LogP contribution in [-0.4, -0.2) is 18.6 Å². The number of rotatable bonds is 1. The molecule has 1 aliphatic carbocycles. The molecule has 4 nitrogen and oxygen atoms in total. The van der Waals surface area contributed by atoms with Crippen LogP contribution in [0.3, 0.4) is 0 Å². The maximum Gasteiger partial charge on any atom is 0.223 e. The fourth-order valence-corrected chi connectivity index (χ4v) is 1.50. The fraction of sp³-hybridized carbons (Fsp3) is 0.833. The Kier molecular flexibility index (Phi) is 1.18. The summed E-state index contributed by atoms with van der Waals surface area (Å²) in [6.07, 6.45) is 0.865. The monoisotopic (exact) mass is 143 g/mol. The normalized spacial score (nSPS) is 44.2. The smallest absolute Gasteiger partial charge is 0.223 e. The molecule has 2 N–H and O–H groups in total. The van der Waals surface area contributed by atoms with Gasteiger partial charge in [0.1, 0.15) is 6.10 Å². The van der Waals surface area contributed by atoms with E-state index in [0.29, 0.717) is 12.5 Å². The molecule has 0 spiro atoms. The Morgan fingerprint density at radius 3 is 2.90 bits per heavy atom. The molecule has 0 aromatic rings. The highest BCUT2D eigenvalue weighted by Gasteiger charge is 2.57. The fourth-order valence-electron chi connectivity index (χ4n) is 1.50. The van der Waals surface area contributed by atoms with Crippen molar-refractivity contribution < 1.29 is 14.6 Å². The first-order valence-electron chi connectivity index (χ1n) is 3.38. The van der Waals surface area contributed by atoms with E-state index in [9.17, 15) is 4.79 Å². The molecule has 0 aromatic carbocycles. The Labute approximate surface area is 58.2 Å². The number of hydrogen-bond acceptors (Lipinski definition) is 3. The second-order valence-corrected chi connectivity index (χ2v) is 2.76. The van der Waals surface area contributed by atoms with Crippen molar-refractivity contribution in [2.24, 2.45) is 17.6 Å². The number of primary amides is 1. The number of carbonyl (C=O) groups excluding carboxylic acids is 1. The van der Waals surface area contributed by atoms with Crippen LogP contribution in [0.25, 0.3) is 0 Å². The van der Waals surface area contributed by atoms with Crippen molar-refractivity contribution in [2.75, 3.05) is 6.61 Å². The molecule has 1 saturated carbocycles. The zero-order chi connectivity index (χ0) is 7.14. The van der Waals surface area contributed by atoms with Crippen molar-refractivity contribution in [3.05, 3.63) is 0 Å². The lowest BCUT2D eigenvalue weighted by molar-refractivity contribution is -0.322. The maximum absolute atomic E-state index is 10.6. The van der Waals surface area contributed by atoms with Crippen molar-refractivity contribution in [3.8, 4) is 0 Å². The average molecular weight is 143 g/mol. The van der Waals surface area contributed by atoms with Crippen molar-refractivity contribution in [1.29, 1.82) is 0 Å². The second kappa shape index (κ2) is 1.93. The van der Waals surface area contributed by atoms with Crippen molar-refractivity contribution in [1.82, 2.24) is 0 Å². The summed E-state index contributed by atoms with van der Waals surface area (Å²) in [6.45, 7) is 0.588. The third-order valence-corrected chi connectivity index (χ3v) is 2.14. The summed E-state index contributed by atoms with van der Waals surface area (Å²) in [5.41, 5.74) is 5.08. The lowest BCUT2D eigenvalue weighted by Crippen LogP contribution is -2.16. The van der Waals surface area contributed by atoms with Crippen LogP contribution < -0.4 is 5.73 Å². The summed E-state index contributed by atoms with van der Waals surface area (Å²) in [7, 11) is 0.